The molecule has 3 heterocycles. The van der Waals surface area contributed by atoms with Gasteiger partial charge in [-0.3, -0.25) is 4.79 Å². The second kappa shape index (κ2) is 8.14. The van der Waals surface area contributed by atoms with Gasteiger partial charge in [0.1, 0.15) is 11.6 Å². The molecule has 8 heteroatoms. The minimum absolute atomic E-state index is 0.00174. The lowest BCUT2D eigenvalue weighted by atomic mass is 10.0. The first-order chi connectivity index (χ1) is 15.2. The second-order valence-electron chi connectivity index (χ2n) is 7.57. The van der Waals surface area contributed by atoms with Gasteiger partial charge >= 0.3 is 0 Å². The summed E-state index contributed by atoms with van der Waals surface area (Å²) in [4.78, 5) is 14.6. The Morgan fingerprint density at radius 3 is 2.45 bits per heavy atom. The number of carbonyl (C=O) groups excluding carboxylic acids is 1. The highest BCUT2D eigenvalue weighted by molar-refractivity contribution is 5.94. The van der Waals surface area contributed by atoms with Gasteiger partial charge in [-0.25, -0.2) is 4.39 Å². The molecule has 0 saturated carbocycles. The number of hydrogen-bond donors (Lipinski definition) is 1. The lowest BCUT2D eigenvalue weighted by Crippen LogP contribution is -2.45. The van der Waals surface area contributed by atoms with Gasteiger partial charge in [0.25, 0.3) is 5.91 Å². The first kappa shape index (κ1) is 19.2. The van der Waals surface area contributed by atoms with Crippen molar-refractivity contribution in [3.63, 3.8) is 0 Å². The number of piperidine rings is 1. The third-order valence-electron chi connectivity index (χ3n) is 5.55. The summed E-state index contributed by atoms with van der Waals surface area (Å²) >= 11 is 0. The number of nitrogens with zero attached hydrogens (tertiary/aromatic N) is 5. The van der Waals surface area contributed by atoms with Gasteiger partial charge in [0.2, 0.25) is 0 Å². The molecule has 0 bridgehead atoms. The monoisotopic (exact) mass is 416 g/mol. The van der Waals surface area contributed by atoms with Crippen molar-refractivity contribution in [2.24, 2.45) is 0 Å². The van der Waals surface area contributed by atoms with Crippen LogP contribution in [0.5, 0.6) is 0 Å². The Morgan fingerprint density at radius 2 is 1.68 bits per heavy atom. The molecule has 2 aromatic heterocycles. The maximum absolute atomic E-state index is 13.8. The number of anilines is 1. The molecule has 1 N–H and O–H groups in total. The molecule has 1 fully saturated rings. The van der Waals surface area contributed by atoms with Crippen molar-refractivity contribution in [1.29, 1.82) is 0 Å². The van der Waals surface area contributed by atoms with E-state index in [0.29, 0.717) is 11.5 Å². The Morgan fingerprint density at radius 1 is 0.935 bits per heavy atom. The number of benzene rings is 2. The minimum Gasteiger partial charge on any atom is -0.355 e. The highest BCUT2D eigenvalue weighted by atomic mass is 19.1. The maximum atomic E-state index is 13.8. The topological polar surface area (TPSA) is 75.4 Å². The first-order valence-electron chi connectivity index (χ1n) is 10.3. The quantitative estimate of drug-likeness (QED) is 0.552. The fourth-order valence-electron chi connectivity index (χ4n) is 3.88. The lowest BCUT2D eigenvalue weighted by Gasteiger charge is -2.33. The zero-order valence-corrected chi connectivity index (χ0v) is 16.8. The van der Waals surface area contributed by atoms with E-state index >= 15 is 0 Å². The van der Waals surface area contributed by atoms with Crippen LogP contribution < -0.4 is 10.2 Å². The molecular weight excluding hydrogens is 395 g/mol. The molecule has 1 saturated heterocycles. The van der Waals surface area contributed by atoms with Gasteiger partial charge < -0.3 is 10.2 Å². The smallest absolute Gasteiger partial charge is 0.254 e. The molecule has 0 atom stereocenters. The van der Waals surface area contributed by atoms with E-state index < -0.39 is 5.82 Å². The lowest BCUT2D eigenvalue weighted by molar-refractivity contribution is 0.0927. The molecule has 2 aromatic carbocycles. The highest BCUT2D eigenvalue weighted by Crippen LogP contribution is 2.22. The van der Waals surface area contributed by atoms with E-state index in [-0.39, 0.29) is 17.5 Å². The summed E-state index contributed by atoms with van der Waals surface area (Å²) in [5.41, 5.74) is 1.72. The van der Waals surface area contributed by atoms with Crippen molar-refractivity contribution in [3.05, 3.63) is 78.1 Å². The summed E-state index contributed by atoms with van der Waals surface area (Å²) in [6.07, 6.45) is 1.52. The summed E-state index contributed by atoms with van der Waals surface area (Å²) < 4.78 is 15.6. The fourth-order valence-corrected chi connectivity index (χ4v) is 3.88. The number of aromatic nitrogens is 4. The van der Waals surface area contributed by atoms with Crippen LogP contribution in [-0.4, -0.2) is 44.8 Å². The number of halogens is 1. The van der Waals surface area contributed by atoms with Crippen LogP contribution in [0.2, 0.25) is 0 Å². The molecule has 0 radical (unpaired) electrons. The summed E-state index contributed by atoms with van der Waals surface area (Å²) in [7, 11) is 0. The summed E-state index contributed by atoms with van der Waals surface area (Å²) in [6.45, 7) is 1.48. The van der Waals surface area contributed by atoms with Crippen molar-refractivity contribution >= 4 is 17.4 Å². The molecule has 4 aromatic rings. The standard InChI is InChI=1S/C23H21FN6O/c24-19-9-5-4-8-18(19)23(31)25-17-12-14-29(15-13-17)21-11-10-20-26-27-22(30(20)28-21)16-6-2-1-3-7-16/h1-11,17H,12-15H2,(H,25,31). The van der Waals surface area contributed by atoms with Gasteiger partial charge in [-0.05, 0) is 37.1 Å². The molecule has 0 aliphatic carbocycles. The van der Waals surface area contributed by atoms with E-state index in [1.54, 1.807) is 16.6 Å². The summed E-state index contributed by atoms with van der Waals surface area (Å²) in [5.74, 6) is 0.666. The van der Waals surface area contributed by atoms with Gasteiger partial charge in [-0.1, -0.05) is 42.5 Å². The maximum Gasteiger partial charge on any atom is 0.254 e. The van der Waals surface area contributed by atoms with Crippen LogP contribution in [0.4, 0.5) is 10.2 Å². The van der Waals surface area contributed by atoms with Crippen molar-refractivity contribution < 1.29 is 9.18 Å². The Kier molecular flexibility index (Phi) is 5.03. The second-order valence-corrected chi connectivity index (χ2v) is 7.57. The fraction of sp³-hybridized carbons (Fsp3) is 0.217. The minimum atomic E-state index is -0.502. The third-order valence-corrected chi connectivity index (χ3v) is 5.55. The SMILES string of the molecule is O=C(NC1CCN(c2ccc3nnc(-c4ccccc4)n3n2)CC1)c1ccccc1F. The van der Waals surface area contributed by atoms with Crippen LogP contribution in [0.15, 0.2) is 66.7 Å². The van der Waals surface area contributed by atoms with E-state index in [2.05, 4.69) is 20.4 Å². The average Bonchev–Trinajstić information content (AvgIpc) is 3.24. The molecule has 31 heavy (non-hydrogen) atoms. The number of carbonyl (C=O) groups is 1. The molecule has 7 nitrogen and oxygen atoms in total. The van der Waals surface area contributed by atoms with Crippen molar-refractivity contribution in [2.75, 3.05) is 18.0 Å². The van der Waals surface area contributed by atoms with Crippen molar-refractivity contribution in [1.82, 2.24) is 25.1 Å². The third kappa shape index (κ3) is 3.84. The van der Waals surface area contributed by atoms with Crippen LogP contribution in [0.3, 0.4) is 0 Å². The highest BCUT2D eigenvalue weighted by Gasteiger charge is 2.23. The predicted molar refractivity (Wildman–Crippen MR) is 115 cm³/mol. The van der Waals surface area contributed by atoms with E-state index in [0.717, 1.165) is 37.3 Å². The van der Waals surface area contributed by atoms with E-state index in [9.17, 15) is 9.18 Å². The van der Waals surface area contributed by atoms with Crippen LogP contribution in [0.25, 0.3) is 17.0 Å². The largest absolute Gasteiger partial charge is 0.355 e. The number of fused-ring (bicyclic) bond motifs is 1. The van der Waals surface area contributed by atoms with Crippen molar-refractivity contribution in [3.8, 4) is 11.4 Å². The van der Waals surface area contributed by atoms with Gasteiger partial charge in [-0.2, -0.15) is 4.52 Å². The van der Waals surface area contributed by atoms with Crippen molar-refractivity contribution in [2.45, 2.75) is 18.9 Å². The Hall–Kier alpha value is -3.81. The molecule has 5 rings (SSSR count). The van der Waals surface area contributed by atoms with E-state index in [1.165, 1.54) is 12.1 Å². The Labute approximate surface area is 178 Å². The zero-order valence-electron chi connectivity index (χ0n) is 16.8. The zero-order chi connectivity index (χ0) is 21.2. The van der Waals surface area contributed by atoms with Crippen LogP contribution in [-0.2, 0) is 0 Å². The Bertz CT molecular complexity index is 1220. The summed E-state index contributed by atoms with van der Waals surface area (Å²) in [5, 5.41) is 16.2. The van der Waals surface area contributed by atoms with Crippen LogP contribution in [0, 0.1) is 5.82 Å². The number of hydrogen-bond acceptors (Lipinski definition) is 5. The number of rotatable bonds is 4. The molecule has 156 valence electrons. The normalized spacial score (nSPS) is 14.7. The van der Waals surface area contributed by atoms with Gasteiger partial charge in [0.15, 0.2) is 11.5 Å². The van der Waals surface area contributed by atoms with Crippen LogP contribution >= 0.6 is 0 Å². The molecule has 0 unspecified atom stereocenters. The molecule has 1 aliphatic heterocycles. The van der Waals surface area contributed by atoms with E-state index in [1.807, 2.05) is 42.5 Å². The number of nitrogens with one attached hydrogen (secondary N) is 1. The Balaban J connectivity index is 1.28. The van der Waals surface area contributed by atoms with Crippen LogP contribution in [0.1, 0.15) is 23.2 Å². The van der Waals surface area contributed by atoms with E-state index in [4.69, 9.17) is 5.10 Å². The van der Waals surface area contributed by atoms with Gasteiger partial charge in [0, 0.05) is 24.7 Å². The number of amides is 1. The molecular formula is C23H21FN6O. The molecule has 1 aliphatic rings. The van der Waals surface area contributed by atoms with Gasteiger partial charge in [0.05, 0.1) is 5.56 Å². The average molecular weight is 416 g/mol. The first-order valence-corrected chi connectivity index (χ1v) is 10.3. The summed E-state index contributed by atoms with van der Waals surface area (Å²) in [6, 6.07) is 19.7. The molecule has 0 spiro atoms. The predicted octanol–water partition coefficient (Wildman–Crippen LogP) is 3.33. The molecule has 1 amide bonds. The van der Waals surface area contributed by atoms with Gasteiger partial charge in [-0.15, -0.1) is 15.3 Å².